The van der Waals surface area contributed by atoms with Gasteiger partial charge in [0.1, 0.15) is 12.6 Å². The number of hydrogen-bond acceptors (Lipinski definition) is 4. The molecular weight excluding hydrogens is 593 g/mol. The van der Waals surface area contributed by atoms with Crippen molar-refractivity contribution >= 4 is 50.7 Å². The van der Waals surface area contributed by atoms with Crippen LogP contribution in [0.25, 0.3) is 0 Å². The molecule has 1 atom stereocenters. The first-order valence-electron chi connectivity index (χ1n) is 14.2. The van der Waals surface area contributed by atoms with Gasteiger partial charge in [-0.05, 0) is 86.2 Å². The third-order valence-electron chi connectivity index (χ3n) is 7.81. The van der Waals surface area contributed by atoms with Gasteiger partial charge in [0.25, 0.3) is 10.0 Å². The number of nitrogens with zero attached hydrogens (tertiary/aromatic N) is 2. The summed E-state index contributed by atoms with van der Waals surface area (Å²) in [5.74, 6) is -0.756. The zero-order chi connectivity index (χ0) is 30.4. The molecule has 7 nitrogen and oxygen atoms in total. The Labute approximate surface area is 258 Å². The van der Waals surface area contributed by atoms with E-state index in [1.54, 1.807) is 48.5 Å². The van der Waals surface area contributed by atoms with Gasteiger partial charge in [0.05, 0.1) is 20.6 Å². The number of carbonyl (C=O) groups excluding carboxylic acids is 2. The van der Waals surface area contributed by atoms with E-state index in [9.17, 15) is 18.0 Å². The third-order valence-corrected chi connectivity index (χ3v) is 10.3. The molecule has 224 valence electrons. The first kappa shape index (κ1) is 31.9. The Bertz CT molecular complexity index is 1530. The number of rotatable bonds is 11. The normalized spacial score (nSPS) is 14.4. The molecule has 1 saturated carbocycles. The van der Waals surface area contributed by atoms with Crippen LogP contribution in [0.15, 0.2) is 71.6 Å². The minimum absolute atomic E-state index is 0.0540. The maximum absolute atomic E-state index is 14.2. The average molecular weight is 631 g/mol. The van der Waals surface area contributed by atoms with Crippen LogP contribution in [0.4, 0.5) is 5.69 Å². The second kappa shape index (κ2) is 13.9. The molecule has 0 saturated heterocycles. The van der Waals surface area contributed by atoms with Crippen molar-refractivity contribution in [2.75, 3.05) is 10.8 Å². The third kappa shape index (κ3) is 7.46. The van der Waals surface area contributed by atoms with Crippen molar-refractivity contribution < 1.29 is 18.0 Å². The highest BCUT2D eigenvalue weighted by Gasteiger charge is 2.34. The van der Waals surface area contributed by atoms with Crippen molar-refractivity contribution in [3.8, 4) is 0 Å². The maximum atomic E-state index is 14.2. The summed E-state index contributed by atoms with van der Waals surface area (Å²) in [7, 11) is -4.12. The summed E-state index contributed by atoms with van der Waals surface area (Å²) in [5, 5.41) is 3.82. The molecule has 3 aromatic rings. The topological polar surface area (TPSA) is 86.8 Å². The summed E-state index contributed by atoms with van der Waals surface area (Å²) in [6.45, 7) is 5.24. The number of carbonyl (C=O) groups is 2. The van der Waals surface area contributed by atoms with Gasteiger partial charge in [0, 0.05) is 12.6 Å². The highest BCUT2D eigenvalue weighted by Crippen LogP contribution is 2.28. The zero-order valence-electron chi connectivity index (χ0n) is 24.1. The fourth-order valence-electron chi connectivity index (χ4n) is 5.25. The summed E-state index contributed by atoms with van der Waals surface area (Å²) >= 11 is 12.4. The minimum atomic E-state index is -4.12. The van der Waals surface area contributed by atoms with Gasteiger partial charge in [0.2, 0.25) is 11.8 Å². The van der Waals surface area contributed by atoms with Crippen molar-refractivity contribution in [2.45, 2.75) is 76.4 Å². The number of nitrogens with one attached hydrogen (secondary N) is 1. The summed E-state index contributed by atoms with van der Waals surface area (Å²) in [4.78, 5) is 29.3. The fraction of sp³-hybridized carbons (Fsp3) is 0.375. The monoisotopic (exact) mass is 629 g/mol. The van der Waals surface area contributed by atoms with E-state index in [2.05, 4.69) is 5.32 Å². The van der Waals surface area contributed by atoms with E-state index in [-0.39, 0.29) is 23.4 Å². The van der Waals surface area contributed by atoms with Crippen molar-refractivity contribution in [3.63, 3.8) is 0 Å². The summed E-state index contributed by atoms with van der Waals surface area (Å²) in [6.07, 6.45) is 4.25. The second-order valence-electron chi connectivity index (χ2n) is 10.8. The van der Waals surface area contributed by atoms with Crippen molar-refractivity contribution in [1.82, 2.24) is 10.2 Å². The van der Waals surface area contributed by atoms with E-state index >= 15 is 0 Å². The highest BCUT2D eigenvalue weighted by atomic mass is 35.5. The zero-order valence-corrected chi connectivity index (χ0v) is 26.5. The predicted octanol–water partition coefficient (Wildman–Crippen LogP) is 6.67. The van der Waals surface area contributed by atoms with E-state index in [4.69, 9.17) is 23.2 Å². The molecule has 1 fully saturated rings. The first-order valence-corrected chi connectivity index (χ1v) is 16.4. The van der Waals surface area contributed by atoms with Crippen LogP contribution in [0.5, 0.6) is 0 Å². The van der Waals surface area contributed by atoms with Crippen LogP contribution in [-0.4, -0.2) is 43.8 Å². The molecule has 3 aromatic carbocycles. The van der Waals surface area contributed by atoms with Gasteiger partial charge in [-0.25, -0.2) is 8.42 Å². The first-order chi connectivity index (χ1) is 20.0. The molecule has 0 aliphatic heterocycles. The Balaban J connectivity index is 1.73. The molecule has 0 aromatic heterocycles. The molecule has 0 bridgehead atoms. The Morgan fingerprint density at radius 2 is 1.62 bits per heavy atom. The molecule has 0 spiro atoms. The summed E-state index contributed by atoms with van der Waals surface area (Å²) in [6, 6.07) is 17.6. The maximum Gasteiger partial charge on any atom is 0.264 e. The quantitative estimate of drug-likeness (QED) is 0.256. The van der Waals surface area contributed by atoms with Gasteiger partial charge in [-0.2, -0.15) is 0 Å². The lowest BCUT2D eigenvalue weighted by Crippen LogP contribution is -2.53. The van der Waals surface area contributed by atoms with Gasteiger partial charge >= 0.3 is 0 Å². The predicted molar refractivity (Wildman–Crippen MR) is 168 cm³/mol. The summed E-state index contributed by atoms with van der Waals surface area (Å²) in [5.41, 5.74) is 2.93. The molecular formula is C32H37Cl2N3O4S. The van der Waals surface area contributed by atoms with Crippen LogP contribution in [0.2, 0.25) is 10.0 Å². The van der Waals surface area contributed by atoms with Gasteiger partial charge in [-0.1, -0.05) is 73.3 Å². The molecule has 0 heterocycles. The Hall–Kier alpha value is -3.07. The molecule has 4 rings (SSSR count). The lowest BCUT2D eigenvalue weighted by molar-refractivity contribution is -0.140. The number of aryl methyl sites for hydroxylation is 2. The Morgan fingerprint density at radius 1 is 0.929 bits per heavy atom. The van der Waals surface area contributed by atoms with Crippen molar-refractivity contribution in [1.29, 1.82) is 0 Å². The molecule has 1 unspecified atom stereocenters. The minimum Gasteiger partial charge on any atom is -0.352 e. The van der Waals surface area contributed by atoms with Gasteiger partial charge in [-0.3, -0.25) is 13.9 Å². The van der Waals surface area contributed by atoms with Crippen LogP contribution in [0, 0.1) is 13.8 Å². The molecule has 1 N–H and O–H groups in total. The number of hydrogen-bond donors (Lipinski definition) is 1. The van der Waals surface area contributed by atoms with E-state index in [1.807, 2.05) is 26.8 Å². The smallest absolute Gasteiger partial charge is 0.264 e. The molecule has 1 aliphatic carbocycles. The van der Waals surface area contributed by atoms with Gasteiger partial charge < -0.3 is 10.2 Å². The van der Waals surface area contributed by atoms with Crippen LogP contribution in [0.1, 0.15) is 55.7 Å². The number of halogens is 2. The van der Waals surface area contributed by atoms with Gasteiger partial charge in [-0.15, -0.1) is 0 Å². The molecule has 0 radical (unpaired) electrons. The largest absolute Gasteiger partial charge is 0.352 e. The fourth-order valence-corrected chi connectivity index (χ4v) is 7.00. The van der Waals surface area contributed by atoms with E-state index in [0.29, 0.717) is 27.7 Å². The van der Waals surface area contributed by atoms with Crippen LogP contribution in [0.3, 0.4) is 0 Å². The second-order valence-corrected chi connectivity index (χ2v) is 13.5. The van der Waals surface area contributed by atoms with Crippen molar-refractivity contribution in [3.05, 3.63) is 93.5 Å². The molecule has 2 amide bonds. The Kier molecular flexibility index (Phi) is 10.6. The summed E-state index contributed by atoms with van der Waals surface area (Å²) < 4.78 is 29.1. The van der Waals surface area contributed by atoms with E-state index < -0.39 is 28.5 Å². The number of anilines is 1. The van der Waals surface area contributed by atoms with Crippen LogP contribution < -0.4 is 9.62 Å². The van der Waals surface area contributed by atoms with Gasteiger partial charge in [0.15, 0.2) is 0 Å². The van der Waals surface area contributed by atoms with Crippen LogP contribution in [-0.2, 0) is 26.2 Å². The molecule has 1 aliphatic rings. The number of sulfonamides is 1. The molecule has 10 heteroatoms. The van der Waals surface area contributed by atoms with Crippen LogP contribution >= 0.6 is 23.2 Å². The Morgan fingerprint density at radius 3 is 2.24 bits per heavy atom. The van der Waals surface area contributed by atoms with E-state index in [1.165, 1.54) is 17.0 Å². The SMILES string of the molecule is CCC(C(=O)NC1CCCC1)N(Cc1ccc(Cl)c(Cl)c1)C(=O)CN(c1ccc(C)c(C)c1)S(=O)(=O)c1ccccc1. The molecule has 42 heavy (non-hydrogen) atoms. The van der Waals surface area contributed by atoms with E-state index in [0.717, 1.165) is 41.1 Å². The lowest BCUT2D eigenvalue weighted by Gasteiger charge is -2.34. The number of benzene rings is 3. The standard InChI is InChI=1S/C32H37Cl2N3O4S/c1-4-30(32(39)35-25-10-8-9-11-25)36(20-24-15-17-28(33)29(34)19-24)31(38)21-37(26-16-14-22(2)23(3)18-26)42(40,41)27-12-6-5-7-13-27/h5-7,12-19,25,30H,4,8-11,20-21H2,1-3H3,(H,35,39). The van der Waals surface area contributed by atoms with Crippen molar-refractivity contribution in [2.24, 2.45) is 0 Å². The highest BCUT2D eigenvalue weighted by molar-refractivity contribution is 7.92. The number of amides is 2. The lowest BCUT2D eigenvalue weighted by atomic mass is 10.1. The average Bonchev–Trinajstić information content (AvgIpc) is 3.48.